The van der Waals surface area contributed by atoms with Crippen LogP contribution in [0.3, 0.4) is 0 Å². The van der Waals surface area contributed by atoms with Crippen LogP contribution in [0.4, 0.5) is 0 Å². The van der Waals surface area contributed by atoms with Crippen LogP contribution in [-0.2, 0) is 0 Å². The second-order valence-corrected chi connectivity index (χ2v) is 4.97. The second kappa shape index (κ2) is 4.82. The van der Waals surface area contributed by atoms with Gasteiger partial charge in [0, 0.05) is 0 Å². The summed E-state index contributed by atoms with van der Waals surface area (Å²) in [5.41, 5.74) is 5.74. The van der Waals surface area contributed by atoms with Gasteiger partial charge in [0.1, 0.15) is 0 Å². The highest BCUT2D eigenvalue weighted by atomic mass is 14.8. The number of hydrogen-bond donors (Lipinski definition) is 0. The van der Waals surface area contributed by atoms with Crippen molar-refractivity contribution in [2.24, 2.45) is 5.92 Å². The van der Waals surface area contributed by atoms with Gasteiger partial charge in [-0.15, -0.1) is 0 Å². The van der Waals surface area contributed by atoms with Crippen LogP contribution in [0.15, 0.2) is 24.4 Å². The van der Waals surface area contributed by atoms with E-state index in [9.17, 15) is 0 Å². The van der Waals surface area contributed by atoms with E-state index >= 15 is 0 Å². The average Bonchev–Trinajstić information content (AvgIpc) is 2.33. The van der Waals surface area contributed by atoms with Crippen molar-refractivity contribution in [1.29, 1.82) is 0 Å². The van der Waals surface area contributed by atoms with Crippen molar-refractivity contribution in [2.45, 2.75) is 40.0 Å². The topological polar surface area (TPSA) is 25.8 Å². The third-order valence-electron chi connectivity index (χ3n) is 3.63. The molecule has 0 radical (unpaired) electrons. The van der Waals surface area contributed by atoms with Gasteiger partial charge in [0.25, 0.3) is 0 Å². The molecule has 1 heterocycles. The van der Waals surface area contributed by atoms with Gasteiger partial charge in [-0.3, -0.25) is 4.98 Å². The summed E-state index contributed by atoms with van der Waals surface area (Å²) in [6.07, 6.45) is 7.58. The molecule has 1 aliphatic carbocycles. The quantitative estimate of drug-likeness (QED) is 0.718. The largest absolute Gasteiger partial charge is 0.257 e. The van der Waals surface area contributed by atoms with Crippen LogP contribution in [-0.4, -0.2) is 9.97 Å². The molecule has 0 spiro atoms. The van der Waals surface area contributed by atoms with Crippen molar-refractivity contribution >= 4 is 5.57 Å². The van der Waals surface area contributed by atoms with Gasteiger partial charge >= 0.3 is 0 Å². The van der Waals surface area contributed by atoms with Crippen LogP contribution >= 0.6 is 0 Å². The van der Waals surface area contributed by atoms with E-state index in [1.165, 1.54) is 17.6 Å². The molecule has 0 amide bonds. The van der Waals surface area contributed by atoms with Crippen molar-refractivity contribution in [3.05, 3.63) is 41.5 Å². The zero-order valence-corrected chi connectivity index (χ0v) is 11.0. The summed E-state index contributed by atoms with van der Waals surface area (Å²) in [6, 6.07) is 0. The normalized spacial score (nSPS) is 19.9. The maximum absolute atomic E-state index is 4.61. The van der Waals surface area contributed by atoms with E-state index in [-0.39, 0.29) is 0 Å². The summed E-state index contributed by atoms with van der Waals surface area (Å²) in [5.74, 6) is 0.651. The van der Waals surface area contributed by atoms with Gasteiger partial charge in [-0.25, -0.2) is 4.98 Å². The number of rotatable bonds is 2. The second-order valence-electron chi connectivity index (χ2n) is 4.97. The van der Waals surface area contributed by atoms with Crippen LogP contribution < -0.4 is 0 Å². The first-order valence-corrected chi connectivity index (χ1v) is 6.23. The van der Waals surface area contributed by atoms with Crippen molar-refractivity contribution < 1.29 is 0 Å². The first-order chi connectivity index (χ1) is 8.08. The Hall–Kier alpha value is -1.44. The molecule has 0 N–H and O–H groups in total. The van der Waals surface area contributed by atoms with Crippen LogP contribution in [0.2, 0.25) is 0 Å². The first kappa shape index (κ1) is 12.0. The van der Waals surface area contributed by atoms with Crippen LogP contribution in [0.5, 0.6) is 0 Å². The molecule has 0 aromatic carbocycles. The molecular weight excluding hydrogens is 208 g/mol. The van der Waals surface area contributed by atoms with Crippen LogP contribution in [0, 0.1) is 19.8 Å². The van der Waals surface area contributed by atoms with E-state index in [2.05, 4.69) is 29.5 Å². The van der Waals surface area contributed by atoms with Crippen molar-refractivity contribution in [1.82, 2.24) is 9.97 Å². The molecule has 1 aromatic heterocycles. The Kier molecular flexibility index (Phi) is 3.41. The zero-order chi connectivity index (χ0) is 12.4. The third-order valence-corrected chi connectivity index (χ3v) is 3.63. The van der Waals surface area contributed by atoms with E-state index in [0.717, 1.165) is 29.9 Å². The minimum atomic E-state index is 0.651. The Morgan fingerprint density at radius 2 is 2.12 bits per heavy atom. The van der Waals surface area contributed by atoms with Crippen LogP contribution in [0.1, 0.15) is 43.3 Å². The molecular formula is C15H20N2. The summed E-state index contributed by atoms with van der Waals surface area (Å²) < 4.78 is 0. The fourth-order valence-electron chi connectivity index (χ4n) is 2.21. The SMILES string of the molecule is C=C(C)C1CC=C(c2cnc(C)c(C)n2)CC1. The predicted molar refractivity (Wildman–Crippen MR) is 71.6 cm³/mol. The number of aryl methyl sites for hydroxylation is 2. The molecule has 1 atom stereocenters. The molecule has 0 saturated heterocycles. The van der Waals surface area contributed by atoms with Gasteiger partial charge in [0.05, 0.1) is 23.3 Å². The lowest BCUT2D eigenvalue weighted by Gasteiger charge is -2.21. The number of hydrogen-bond acceptors (Lipinski definition) is 2. The zero-order valence-electron chi connectivity index (χ0n) is 11.0. The van der Waals surface area contributed by atoms with E-state index < -0.39 is 0 Å². The minimum Gasteiger partial charge on any atom is -0.257 e. The highest BCUT2D eigenvalue weighted by Gasteiger charge is 2.16. The van der Waals surface area contributed by atoms with E-state index in [4.69, 9.17) is 0 Å². The highest BCUT2D eigenvalue weighted by Crippen LogP contribution is 2.32. The van der Waals surface area contributed by atoms with Crippen molar-refractivity contribution in [2.75, 3.05) is 0 Å². The summed E-state index contributed by atoms with van der Waals surface area (Å²) in [6.45, 7) is 10.2. The maximum atomic E-state index is 4.61. The summed E-state index contributed by atoms with van der Waals surface area (Å²) in [4.78, 5) is 9.00. The molecule has 1 aromatic rings. The molecule has 1 aliphatic rings. The predicted octanol–water partition coefficient (Wildman–Crippen LogP) is 3.85. The highest BCUT2D eigenvalue weighted by molar-refractivity contribution is 5.63. The molecule has 2 rings (SSSR count). The lowest BCUT2D eigenvalue weighted by molar-refractivity contribution is 0.561. The third kappa shape index (κ3) is 2.63. The fraction of sp³-hybridized carbons (Fsp3) is 0.467. The lowest BCUT2D eigenvalue weighted by atomic mass is 9.85. The smallest absolute Gasteiger partial charge is 0.0845 e. The van der Waals surface area contributed by atoms with Gasteiger partial charge in [-0.05, 0) is 51.5 Å². The minimum absolute atomic E-state index is 0.651. The number of nitrogens with zero attached hydrogens (tertiary/aromatic N) is 2. The van der Waals surface area contributed by atoms with Crippen LogP contribution in [0.25, 0.3) is 5.57 Å². The van der Waals surface area contributed by atoms with E-state index in [0.29, 0.717) is 5.92 Å². The summed E-state index contributed by atoms with van der Waals surface area (Å²) >= 11 is 0. The summed E-state index contributed by atoms with van der Waals surface area (Å²) in [5, 5.41) is 0. The number of allylic oxidation sites excluding steroid dienone is 3. The average molecular weight is 228 g/mol. The Morgan fingerprint density at radius 1 is 1.35 bits per heavy atom. The summed E-state index contributed by atoms with van der Waals surface area (Å²) in [7, 11) is 0. The first-order valence-electron chi connectivity index (χ1n) is 6.23. The molecule has 17 heavy (non-hydrogen) atoms. The molecule has 2 heteroatoms. The Labute approximate surface area is 104 Å². The molecule has 0 aliphatic heterocycles. The van der Waals surface area contributed by atoms with Gasteiger partial charge in [0.15, 0.2) is 0 Å². The Morgan fingerprint density at radius 3 is 2.65 bits per heavy atom. The molecule has 90 valence electrons. The lowest BCUT2D eigenvalue weighted by Crippen LogP contribution is -2.07. The van der Waals surface area contributed by atoms with Gasteiger partial charge in [-0.1, -0.05) is 18.2 Å². The monoisotopic (exact) mass is 228 g/mol. The Bertz CT molecular complexity index is 472. The van der Waals surface area contributed by atoms with Gasteiger partial charge in [0.2, 0.25) is 0 Å². The Balaban J connectivity index is 2.19. The van der Waals surface area contributed by atoms with E-state index in [1.54, 1.807) is 0 Å². The van der Waals surface area contributed by atoms with Gasteiger partial charge in [-0.2, -0.15) is 0 Å². The fourth-order valence-corrected chi connectivity index (χ4v) is 2.21. The molecule has 0 saturated carbocycles. The van der Waals surface area contributed by atoms with Gasteiger partial charge < -0.3 is 0 Å². The van der Waals surface area contributed by atoms with Crippen molar-refractivity contribution in [3.63, 3.8) is 0 Å². The standard InChI is InChI=1S/C15H20N2/c1-10(2)13-5-7-14(8-6-13)15-9-16-11(3)12(4)17-15/h7,9,13H,1,5-6,8H2,2-4H3. The molecule has 2 nitrogen and oxygen atoms in total. The molecule has 0 bridgehead atoms. The molecule has 1 unspecified atom stereocenters. The molecule has 0 fully saturated rings. The number of aromatic nitrogens is 2. The van der Waals surface area contributed by atoms with E-state index in [1.807, 2.05) is 20.0 Å². The maximum Gasteiger partial charge on any atom is 0.0845 e. The van der Waals surface area contributed by atoms with Crippen molar-refractivity contribution in [3.8, 4) is 0 Å².